The van der Waals surface area contributed by atoms with Gasteiger partial charge in [-0.2, -0.15) is 5.10 Å². The Labute approximate surface area is 73.3 Å². The number of aromatic amines is 1. The van der Waals surface area contributed by atoms with Crippen LogP contribution in [0, 0.1) is 6.92 Å². The van der Waals surface area contributed by atoms with E-state index in [-0.39, 0.29) is 0 Å². The second kappa shape index (κ2) is 4.08. The highest BCUT2D eigenvalue weighted by atomic mass is 79.9. The van der Waals surface area contributed by atoms with E-state index in [0.29, 0.717) is 0 Å². The molecule has 0 radical (unpaired) electrons. The zero-order valence-corrected chi connectivity index (χ0v) is 7.67. The summed E-state index contributed by atoms with van der Waals surface area (Å²) in [4.78, 5) is 4.04. The first kappa shape index (κ1) is 8.20. The van der Waals surface area contributed by atoms with Crippen LogP contribution in [0.5, 0.6) is 0 Å². The van der Waals surface area contributed by atoms with Gasteiger partial charge in [-0.25, -0.2) is 4.98 Å². The molecule has 0 aliphatic carbocycles. The Hall–Kier alpha value is -0.900. The minimum absolute atomic E-state index is 0.782. The highest BCUT2D eigenvalue weighted by molar-refractivity contribution is 9.10. The summed E-state index contributed by atoms with van der Waals surface area (Å²) >= 11 is 3.27. The van der Waals surface area contributed by atoms with Crippen LogP contribution in [0.3, 0.4) is 0 Å². The van der Waals surface area contributed by atoms with Gasteiger partial charge in [0.2, 0.25) is 0 Å². The van der Waals surface area contributed by atoms with Crippen LogP contribution in [-0.4, -0.2) is 15.2 Å². The van der Waals surface area contributed by atoms with E-state index < -0.39 is 0 Å². The maximum absolute atomic E-state index is 4.04. The van der Waals surface area contributed by atoms with Gasteiger partial charge in [0.15, 0.2) is 0 Å². The van der Waals surface area contributed by atoms with Crippen LogP contribution in [-0.2, 0) is 0 Å². The van der Waals surface area contributed by atoms with Gasteiger partial charge in [0, 0.05) is 18.1 Å². The third-order valence-corrected chi connectivity index (χ3v) is 1.45. The number of hydrogen-bond donors (Lipinski definition) is 1. The third-order valence-electron chi connectivity index (χ3n) is 1.02. The number of aromatic nitrogens is 3. The van der Waals surface area contributed by atoms with Gasteiger partial charge in [0.05, 0.1) is 0 Å². The van der Waals surface area contributed by atoms with Crippen molar-refractivity contribution >= 4 is 15.9 Å². The Morgan fingerprint density at radius 2 is 2.27 bits per heavy atom. The molecule has 0 atom stereocenters. The minimum Gasteiger partial charge on any atom is -0.283 e. The third kappa shape index (κ3) is 3.13. The van der Waals surface area contributed by atoms with Crippen molar-refractivity contribution in [2.45, 2.75) is 6.92 Å². The number of aryl methyl sites for hydroxylation is 1. The summed E-state index contributed by atoms with van der Waals surface area (Å²) in [5, 5.41) is 6.71. The molecule has 1 rings (SSSR count). The van der Waals surface area contributed by atoms with Gasteiger partial charge in [-0.1, -0.05) is 0 Å². The smallest absolute Gasteiger partial charge is 0.107 e. The molecule has 1 N–H and O–H groups in total. The summed E-state index contributed by atoms with van der Waals surface area (Å²) in [5.41, 5.74) is 0.945. The fraction of sp³-hybridized carbons (Fsp3) is 0.143. The van der Waals surface area contributed by atoms with Gasteiger partial charge in [-0.15, -0.1) is 0 Å². The molecule has 0 amide bonds. The van der Waals surface area contributed by atoms with Crippen molar-refractivity contribution in [3.05, 3.63) is 34.8 Å². The Kier molecular flexibility index (Phi) is 3.04. The summed E-state index contributed by atoms with van der Waals surface area (Å²) in [6.45, 7) is 1.92. The van der Waals surface area contributed by atoms with Crippen molar-refractivity contribution < 1.29 is 0 Å². The van der Waals surface area contributed by atoms with E-state index in [2.05, 4.69) is 31.1 Å². The largest absolute Gasteiger partial charge is 0.283 e. The lowest BCUT2D eigenvalue weighted by Crippen LogP contribution is -1.76. The number of nitrogens with one attached hydrogen (secondary N) is 1. The summed E-state index contributed by atoms with van der Waals surface area (Å²) < 4.78 is 0.782. The Bertz CT molecular complexity index is 254. The molecule has 0 bridgehead atoms. The normalized spacial score (nSPS) is 8.91. The lowest BCUT2D eigenvalue weighted by molar-refractivity contribution is 0.997. The molecule has 1 aromatic heterocycles. The van der Waals surface area contributed by atoms with Crippen molar-refractivity contribution in [1.82, 2.24) is 15.2 Å². The standard InChI is InChI=1S/C7H8BrN3/c1-6-5-7(8)9-3-2-4-10-11-6/h2-5,11H,1H3. The Morgan fingerprint density at radius 1 is 1.45 bits per heavy atom. The summed E-state index contributed by atoms with van der Waals surface area (Å²) in [5.74, 6) is 0. The average molecular weight is 214 g/mol. The van der Waals surface area contributed by atoms with Crippen LogP contribution >= 0.6 is 15.9 Å². The highest BCUT2D eigenvalue weighted by Gasteiger charge is 1.81. The van der Waals surface area contributed by atoms with Gasteiger partial charge in [-0.05, 0) is 35.0 Å². The maximum Gasteiger partial charge on any atom is 0.107 e. The van der Waals surface area contributed by atoms with Gasteiger partial charge >= 0.3 is 0 Å². The zero-order chi connectivity index (χ0) is 8.10. The van der Waals surface area contributed by atoms with Crippen molar-refractivity contribution in [3.63, 3.8) is 0 Å². The lowest BCUT2D eigenvalue weighted by Gasteiger charge is -1.83. The van der Waals surface area contributed by atoms with Crippen LogP contribution in [0.1, 0.15) is 5.69 Å². The van der Waals surface area contributed by atoms with Gasteiger partial charge < -0.3 is 0 Å². The minimum atomic E-state index is 0.782. The van der Waals surface area contributed by atoms with Crippen LogP contribution in [0.25, 0.3) is 0 Å². The SMILES string of the molecule is Cc1cc(Br)ncccn[nH]1. The maximum atomic E-state index is 4.04. The Morgan fingerprint density at radius 3 is 3.09 bits per heavy atom. The number of H-pyrrole nitrogens is 1. The van der Waals surface area contributed by atoms with Gasteiger partial charge in [0.25, 0.3) is 0 Å². The van der Waals surface area contributed by atoms with E-state index in [1.165, 1.54) is 0 Å². The first-order chi connectivity index (χ1) is 5.29. The summed E-state index contributed by atoms with van der Waals surface area (Å²) in [6, 6.07) is 3.60. The first-order valence-electron chi connectivity index (χ1n) is 3.15. The highest BCUT2D eigenvalue weighted by Crippen LogP contribution is 2.01. The van der Waals surface area contributed by atoms with Crippen molar-refractivity contribution in [3.8, 4) is 0 Å². The molecule has 0 fully saturated rings. The fourth-order valence-corrected chi connectivity index (χ4v) is 1.04. The quantitative estimate of drug-likeness (QED) is 0.717. The van der Waals surface area contributed by atoms with Crippen molar-refractivity contribution in [1.29, 1.82) is 0 Å². The van der Waals surface area contributed by atoms with Gasteiger partial charge in [-0.3, -0.25) is 5.10 Å². The molecular weight excluding hydrogens is 206 g/mol. The van der Waals surface area contributed by atoms with E-state index >= 15 is 0 Å². The average Bonchev–Trinajstić information content (AvgIpc) is 2.02. The predicted octanol–water partition coefficient (Wildman–Crippen LogP) is 2.00. The molecular formula is C7H8BrN3. The molecule has 0 unspecified atom stereocenters. The molecule has 0 saturated heterocycles. The van der Waals surface area contributed by atoms with E-state index in [1.54, 1.807) is 18.5 Å². The van der Waals surface area contributed by atoms with Crippen LogP contribution in [0.4, 0.5) is 0 Å². The van der Waals surface area contributed by atoms with Gasteiger partial charge in [0.1, 0.15) is 4.60 Å². The van der Waals surface area contributed by atoms with E-state index in [4.69, 9.17) is 0 Å². The topological polar surface area (TPSA) is 41.6 Å². The molecule has 3 nitrogen and oxygen atoms in total. The summed E-state index contributed by atoms with van der Waals surface area (Å²) in [6.07, 6.45) is 3.32. The molecule has 1 heterocycles. The van der Waals surface area contributed by atoms with Crippen LogP contribution < -0.4 is 0 Å². The van der Waals surface area contributed by atoms with E-state index in [9.17, 15) is 0 Å². The molecule has 0 spiro atoms. The molecule has 11 heavy (non-hydrogen) atoms. The second-order valence-corrected chi connectivity index (χ2v) is 2.82. The van der Waals surface area contributed by atoms with E-state index in [0.717, 1.165) is 10.3 Å². The second-order valence-electron chi connectivity index (χ2n) is 2.01. The molecule has 1 aromatic rings. The van der Waals surface area contributed by atoms with E-state index in [1.807, 2.05) is 13.0 Å². The monoisotopic (exact) mass is 213 g/mol. The van der Waals surface area contributed by atoms with Crippen molar-refractivity contribution in [2.24, 2.45) is 0 Å². The molecule has 0 saturated carbocycles. The first-order valence-corrected chi connectivity index (χ1v) is 3.94. The number of rotatable bonds is 0. The number of hydrogen-bond acceptors (Lipinski definition) is 2. The predicted molar refractivity (Wildman–Crippen MR) is 46.4 cm³/mol. The number of nitrogens with zero attached hydrogens (tertiary/aromatic N) is 2. The molecule has 58 valence electrons. The summed E-state index contributed by atoms with van der Waals surface area (Å²) in [7, 11) is 0. The fourth-order valence-electron chi connectivity index (χ4n) is 0.583. The Balaban J connectivity index is 3.25. The lowest BCUT2D eigenvalue weighted by atomic mass is 10.5. The van der Waals surface area contributed by atoms with Crippen LogP contribution in [0.2, 0.25) is 0 Å². The van der Waals surface area contributed by atoms with Crippen molar-refractivity contribution in [2.75, 3.05) is 0 Å². The molecule has 0 aliphatic heterocycles. The zero-order valence-electron chi connectivity index (χ0n) is 6.08. The molecule has 0 aliphatic rings. The van der Waals surface area contributed by atoms with Crippen LogP contribution in [0.15, 0.2) is 29.1 Å². The molecule has 4 heteroatoms. The number of halogens is 1. The molecule has 0 aromatic carbocycles.